The van der Waals surface area contributed by atoms with Crippen LogP contribution in [-0.4, -0.2) is 29.4 Å². The summed E-state index contributed by atoms with van der Waals surface area (Å²) < 4.78 is 7.34. The Morgan fingerprint density at radius 3 is 2.21 bits per heavy atom. The van der Waals surface area contributed by atoms with Crippen molar-refractivity contribution < 1.29 is 9.84 Å². The van der Waals surface area contributed by atoms with Gasteiger partial charge in [0.05, 0.1) is 19.8 Å². The highest BCUT2D eigenvalue weighted by molar-refractivity contribution is 6.33. The van der Waals surface area contributed by atoms with E-state index in [4.69, 9.17) is 27.9 Å². The summed E-state index contributed by atoms with van der Waals surface area (Å²) in [5.41, 5.74) is 2.93. The van der Waals surface area contributed by atoms with Crippen molar-refractivity contribution in [3.63, 3.8) is 0 Å². The zero-order chi connectivity index (χ0) is 19.7. The zero-order valence-electron chi connectivity index (χ0n) is 15.3. The van der Waals surface area contributed by atoms with Gasteiger partial charge in [-0.3, -0.25) is 0 Å². The van der Waals surface area contributed by atoms with E-state index in [1.165, 1.54) is 0 Å². The van der Waals surface area contributed by atoms with E-state index < -0.39 is 6.10 Å². The maximum atomic E-state index is 10.7. The lowest BCUT2D eigenvalue weighted by Crippen LogP contribution is -2.24. The monoisotopic (exact) mass is 414 g/mol. The van der Waals surface area contributed by atoms with Crippen molar-refractivity contribution in [2.75, 3.05) is 19.0 Å². The molecule has 0 bridgehead atoms. The first kappa shape index (κ1) is 18.9. The predicted molar refractivity (Wildman–Crippen MR) is 117 cm³/mol. The number of fused-ring (bicyclic) bond motifs is 3. The van der Waals surface area contributed by atoms with Crippen molar-refractivity contribution in [2.24, 2.45) is 0 Å². The molecule has 0 amide bonds. The normalized spacial score (nSPS) is 12.4. The summed E-state index contributed by atoms with van der Waals surface area (Å²) in [6.45, 7) is 0.857. The van der Waals surface area contributed by atoms with Crippen molar-refractivity contribution in [3.05, 3.63) is 70.7 Å². The lowest BCUT2D eigenvalue weighted by Gasteiger charge is -2.16. The van der Waals surface area contributed by atoms with E-state index in [0.717, 1.165) is 33.2 Å². The molecule has 0 spiro atoms. The van der Waals surface area contributed by atoms with Gasteiger partial charge in [-0.25, -0.2) is 0 Å². The minimum absolute atomic E-state index is 0.412. The standard InChI is InChI=1S/C22H20Cl2N2O2/c1-28-18-4-2-3-16(11-18)25-12-17(27)13-26-21-7-5-14(23)9-19(21)20-10-15(24)6-8-22(20)26/h2-11,17,25,27H,12-13H2,1H3. The van der Waals surface area contributed by atoms with Crippen molar-refractivity contribution in [3.8, 4) is 5.75 Å². The van der Waals surface area contributed by atoms with Crippen LogP contribution in [0.2, 0.25) is 10.0 Å². The first-order valence-corrected chi connectivity index (χ1v) is 9.74. The number of aliphatic hydroxyl groups excluding tert-OH is 1. The Balaban J connectivity index is 1.61. The van der Waals surface area contributed by atoms with Gasteiger partial charge in [-0.05, 0) is 48.5 Å². The molecule has 1 atom stereocenters. The van der Waals surface area contributed by atoms with Crippen LogP contribution in [0.25, 0.3) is 21.8 Å². The first-order chi connectivity index (χ1) is 13.5. The van der Waals surface area contributed by atoms with E-state index >= 15 is 0 Å². The number of ether oxygens (including phenoxy) is 1. The van der Waals surface area contributed by atoms with Crippen molar-refractivity contribution in [1.82, 2.24) is 4.57 Å². The van der Waals surface area contributed by atoms with Crippen LogP contribution in [0.15, 0.2) is 60.7 Å². The van der Waals surface area contributed by atoms with Crippen LogP contribution in [0.1, 0.15) is 0 Å². The third-order valence-corrected chi connectivity index (χ3v) is 5.26. The summed E-state index contributed by atoms with van der Waals surface area (Å²) in [6, 6.07) is 19.2. The van der Waals surface area contributed by atoms with E-state index in [1.54, 1.807) is 7.11 Å². The number of nitrogens with zero attached hydrogens (tertiary/aromatic N) is 1. The highest BCUT2D eigenvalue weighted by Crippen LogP contribution is 2.33. The van der Waals surface area contributed by atoms with E-state index in [-0.39, 0.29) is 0 Å². The number of aliphatic hydroxyl groups is 1. The molecule has 6 heteroatoms. The smallest absolute Gasteiger partial charge is 0.120 e. The van der Waals surface area contributed by atoms with Gasteiger partial charge >= 0.3 is 0 Å². The van der Waals surface area contributed by atoms with Gasteiger partial charge < -0.3 is 19.7 Å². The van der Waals surface area contributed by atoms with Crippen LogP contribution in [0, 0.1) is 0 Å². The molecule has 0 fully saturated rings. The van der Waals surface area contributed by atoms with Crippen LogP contribution in [0.3, 0.4) is 0 Å². The summed E-state index contributed by atoms with van der Waals surface area (Å²) >= 11 is 12.4. The molecule has 0 saturated heterocycles. The van der Waals surface area contributed by atoms with Crippen LogP contribution < -0.4 is 10.1 Å². The largest absolute Gasteiger partial charge is 0.497 e. The highest BCUT2D eigenvalue weighted by Gasteiger charge is 2.14. The van der Waals surface area contributed by atoms with Gasteiger partial charge in [-0.15, -0.1) is 0 Å². The van der Waals surface area contributed by atoms with Gasteiger partial charge in [0.25, 0.3) is 0 Å². The molecule has 0 saturated carbocycles. The van der Waals surface area contributed by atoms with Crippen LogP contribution >= 0.6 is 23.2 Å². The third-order valence-electron chi connectivity index (χ3n) is 4.79. The number of halogens is 2. The van der Waals surface area contributed by atoms with Crippen molar-refractivity contribution in [1.29, 1.82) is 0 Å². The van der Waals surface area contributed by atoms with E-state index in [1.807, 2.05) is 60.7 Å². The van der Waals surface area contributed by atoms with Gasteiger partial charge in [0.2, 0.25) is 0 Å². The molecule has 1 heterocycles. The maximum Gasteiger partial charge on any atom is 0.120 e. The molecule has 3 aromatic carbocycles. The van der Waals surface area contributed by atoms with Crippen molar-refractivity contribution in [2.45, 2.75) is 12.6 Å². The fraction of sp³-hybridized carbons (Fsp3) is 0.182. The Bertz CT molecular complexity index is 1080. The van der Waals surface area contributed by atoms with Gasteiger partial charge in [-0.1, -0.05) is 29.3 Å². The lowest BCUT2D eigenvalue weighted by molar-refractivity contribution is 0.169. The molecule has 1 aromatic heterocycles. The van der Waals surface area contributed by atoms with E-state index in [2.05, 4.69) is 9.88 Å². The molecular weight excluding hydrogens is 395 g/mol. The zero-order valence-corrected chi connectivity index (χ0v) is 16.8. The average molecular weight is 415 g/mol. The Hall–Kier alpha value is -2.40. The number of rotatable bonds is 6. The second kappa shape index (κ2) is 7.92. The van der Waals surface area contributed by atoms with Crippen LogP contribution in [0.4, 0.5) is 5.69 Å². The Morgan fingerprint density at radius 2 is 1.61 bits per heavy atom. The summed E-state index contributed by atoms with van der Waals surface area (Å²) in [6.07, 6.45) is -0.587. The maximum absolute atomic E-state index is 10.7. The number of nitrogens with one attached hydrogen (secondary N) is 1. The molecular formula is C22H20Cl2N2O2. The SMILES string of the molecule is COc1cccc(NCC(O)Cn2c3ccc(Cl)cc3c3cc(Cl)ccc32)c1. The summed E-state index contributed by atoms with van der Waals surface area (Å²) in [7, 11) is 1.63. The molecule has 0 radical (unpaired) electrons. The number of aromatic nitrogens is 1. The second-order valence-corrected chi connectivity index (χ2v) is 7.57. The molecule has 4 aromatic rings. The average Bonchev–Trinajstić information content (AvgIpc) is 2.99. The summed E-state index contributed by atoms with van der Waals surface area (Å²) in [5, 5.41) is 17.3. The fourth-order valence-corrected chi connectivity index (χ4v) is 3.83. The summed E-state index contributed by atoms with van der Waals surface area (Å²) in [5.74, 6) is 0.774. The molecule has 2 N–H and O–H groups in total. The minimum Gasteiger partial charge on any atom is -0.497 e. The Kier molecular flexibility index (Phi) is 5.36. The number of methoxy groups -OCH3 is 1. The first-order valence-electron chi connectivity index (χ1n) is 8.98. The molecule has 144 valence electrons. The molecule has 28 heavy (non-hydrogen) atoms. The fourth-order valence-electron chi connectivity index (χ4n) is 3.49. The number of anilines is 1. The topological polar surface area (TPSA) is 46.4 Å². The van der Waals surface area contributed by atoms with Crippen LogP contribution in [-0.2, 0) is 6.54 Å². The Morgan fingerprint density at radius 1 is 0.964 bits per heavy atom. The van der Waals surface area contributed by atoms with Gasteiger partial charge in [0, 0.05) is 50.1 Å². The van der Waals surface area contributed by atoms with Crippen LogP contribution in [0.5, 0.6) is 5.75 Å². The van der Waals surface area contributed by atoms with E-state index in [0.29, 0.717) is 23.1 Å². The highest BCUT2D eigenvalue weighted by atomic mass is 35.5. The second-order valence-electron chi connectivity index (χ2n) is 6.70. The molecule has 0 aliphatic rings. The van der Waals surface area contributed by atoms with E-state index in [9.17, 15) is 5.11 Å². The lowest BCUT2D eigenvalue weighted by atomic mass is 10.1. The number of hydrogen-bond acceptors (Lipinski definition) is 3. The molecule has 4 rings (SSSR count). The number of hydrogen-bond donors (Lipinski definition) is 2. The van der Waals surface area contributed by atoms with Crippen molar-refractivity contribution >= 4 is 50.7 Å². The Labute approximate surface area is 173 Å². The molecule has 0 aliphatic carbocycles. The molecule has 4 nitrogen and oxygen atoms in total. The third kappa shape index (κ3) is 3.76. The number of benzene rings is 3. The quantitative estimate of drug-likeness (QED) is 0.432. The van der Waals surface area contributed by atoms with Gasteiger partial charge in [-0.2, -0.15) is 0 Å². The molecule has 0 aliphatic heterocycles. The summed E-state index contributed by atoms with van der Waals surface area (Å²) in [4.78, 5) is 0. The minimum atomic E-state index is -0.587. The predicted octanol–water partition coefficient (Wildman–Crippen LogP) is 5.58. The molecule has 1 unspecified atom stereocenters. The van der Waals surface area contributed by atoms with Gasteiger partial charge in [0.15, 0.2) is 0 Å². The van der Waals surface area contributed by atoms with Gasteiger partial charge in [0.1, 0.15) is 5.75 Å².